The fraction of sp³-hybridized carbons (Fsp3) is 0.417. The summed E-state index contributed by atoms with van der Waals surface area (Å²) in [5, 5.41) is 0. The Balaban J connectivity index is 2.09. The van der Waals surface area contributed by atoms with Gasteiger partial charge in [-0.25, -0.2) is 4.79 Å². The maximum Gasteiger partial charge on any atom is 0.335 e. The molecule has 0 N–H and O–H groups in total. The molecule has 2 rings (SSSR count). The monoisotopic (exact) mass is 266 g/mol. The maximum atomic E-state index is 12.2. The Morgan fingerprint density at radius 2 is 2.28 bits per heavy atom. The second-order valence-electron chi connectivity index (χ2n) is 4.06. The van der Waals surface area contributed by atoms with Crippen LogP contribution in [0.3, 0.4) is 0 Å². The number of amides is 1. The number of hydrogen-bond acceptors (Lipinski definition) is 5. The highest BCUT2D eigenvalue weighted by atomic mass is 32.1. The lowest BCUT2D eigenvalue weighted by Gasteiger charge is -2.25. The van der Waals surface area contributed by atoms with E-state index in [0.717, 1.165) is 4.88 Å². The summed E-state index contributed by atoms with van der Waals surface area (Å²) < 4.78 is 8.76. The van der Waals surface area contributed by atoms with Crippen molar-refractivity contribution in [3.63, 3.8) is 0 Å². The molecule has 1 aliphatic heterocycles. The van der Waals surface area contributed by atoms with Crippen LogP contribution in [0.2, 0.25) is 0 Å². The quantitative estimate of drug-likeness (QED) is 0.759. The molecule has 5 nitrogen and oxygen atoms in total. The smallest absolute Gasteiger partial charge is 0.335 e. The summed E-state index contributed by atoms with van der Waals surface area (Å²) in [5.74, 6) is -0.504. The predicted molar refractivity (Wildman–Crippen MR) is 67.5 cm³/mol. The van der Waals surface area contributed by atoms with Gasteiger partial charge < -0.3 is 9.64 Å². The molecule has 1 aromatic heterocycles. The highest BCUT2D eigenvalue weighted by molar-refractivity contribution is 7.05. The Bertz CT molecular complexity index is 507. The number of aromatic nitrogens is 1. The third-order valence-electron chi connectivity index (χ3n) is 2.73. The van der Waals surface area contributed by atoms with E-state index in [1.54, 1.807) is 11.0 Å². The molecule has 0 radical (unpaired) electrons. The summed E-state index contributed by atoms with van der Waals surface area (Å²) >= 11 is 1.30. The van der Waals surface area contributed by atoms with E-state index in [4.69, 9.17) is 0 Å². The van der Waals surface area contributed by atoms with Crippen molar-refractivity contribution in [2.45, 2.75) is 13.3 Å². The summed E-state index contributed by atoms with van der Waals surface area (Å²) in [6.07, 6.45) is 2.49. The minimum Gasteiger partial charge on any atom is -0.466 e. The maximum absolute atomic E-state index is 12.2. The molecule has 1 aromatic rings. The zero-order chi connectivity index (χ0) is 13.1. The zero-order valence-electron chi connectivity index (χ0n) is 10.3. The van der Waals surface area contributed by atoms with Crippen LogP contribution >= 0.6 is 11.5 Å². The Labute approximate surface area is 109 Å². The number of hydrogen-bond donors (Lipinski definition) is 0. The predicted octanol–water partition coefficient (Wildman–Crippen LogP) is 1.40. The van der Waals surface area contributed by atoms with Crippen LogP contribution in [0.15, 0.2) is 17.7 Å². The van der Waals surface area contributed by atoms with Crippen molar-refractivity contribution in [2.75, 3.05) is 20.2 Å². The third kappa shape index (κ3) is 2.59. The molecular formula is C12H14N2O3S. The van der Waals surface area contributed by atoms with Crippen molar-refractivity contribution in [3.05, 3.63) is 28.3 Å². The van der Waals surface area contributed by atoms with Crippen molar-refractivity contribution >= 4 is 23.4 Å². The molecule has 0 aromatic carbocycles. The number of ether oxygens (including phenoxy) is 1. The van der Waals surface area contributed by atoms with Gasteiger partial charge in [-0.2, -0.15) is 4.37 Å². The summed E-state index contributed by atoms with van der Waals surface area (Å²) in [5.41, 5.74) is 0.979. The number of carbonyl (C=O) groups excluding carboxylic acids is 2. The van der Waals surface area contributed by atoms with Crippen molar-refractivity contribution in [2.24, 2.45) is 0 Å². The van der Waals surface area contributed by atoms with Crippen molar-refractivity contribution in [1.82, 2.24) is 9.27 Å². The van der Waals surface area contributed by atoms with Crippen LogP contribution in [0.5, 0.6) is 0 Å². The van der Waals surface area contributed by atoms with Crippen molar-refractivity contribution < 1.29 is 14.3 Å². The van der Waals surface area contributed by atoms with Gasteiger partial charge in [0.05, 0.1) is 19.2 Å². The van der Waals surface area contributed by atoms with E-state index in [0.29, 0.717) is 30.8 Å². The number of aryl methyl sites for hydroxylation is 1. The van der Waals surface area contributed by atoms with Gasteiger partial charge in [0.25, 0.3) is 5.91 Å². The van der Waals surface area contributed by atoms with Crippen LogP contribution in [0.1, 0.15) is 21.8 Å². The fourth-order valence-electron chi connectivity index (χ4n) is 1.83. The largest absolute Gasteiger partial charge is 0.466 e. The Morgan fingerprint density at radius 3 is 2.89 bits per heavy atom. The topological polar surface area (TPSA) is 59.5 Å². The van der Waals surface area contributed by atoms with Gasteiger partial charge in [0, 0.05) is 11.4 Å². The van der Waals surface area contributed by atoms with Crippen LogP contribution in [0.4, 0.5) is 0 Å². The van der Waals surface area contributed by atoms with Gasteiger partial charge in [-0.15, -0.1) is 0 Å². The van der Waals surface area contributed by atoms with Gasteiger partial charge in [0.1, 0.15) is 5.69 Å². The van der Waals surface area contributed by atoms with E-state index in [2.05, 4.69) is 9.11 Å². The first-order chi connectivity index (χ1) is 8.61. The molecule has 0 fully saturated rings. The number of rotatable bonds is 2. The molecule has 0 saturated carbocycles. The average Bonchev–Trinajstić information content (AvgIpc) is 2.83. The number of methoxy groups -OCH3 is 1. The third-order valence-corrected chi connectivity index (χ3v) is 3.43. The molecule has 0 saturated heterocycles. The number of nitrogens with zero attached hydrogens (tertiary/aromatic N) is 2. The molecule has 96 valence electrons. The van der Waals surface area contributed by atoms with Gasteiger partial charge in [-0.1, -0.05) is 6.08 Å². The van der Waals surface area contributed by atoms with Crippen LogP contribution in [-0.2, 0) is 9.53 Å². The molecule has 0 atom stereocenters. The molecule has 1 aliphatic rings. The van der Waals surface area contributed by atoms with Gasteiger partial charge in [0.15, 0.2) is 0 Å². The fourth-order valence-corrected chi connectivity index (χ4v) is 2.36. The molecule has 1 amide bonds. The van der Waals surface area contributed by atoms with Gasteiger partial charge in [-0.3, -0.25) is 4.79 Å². The van der Waals surface area contributed by atoms with E-state index >= 15 is 0 Å². The standard InChI is InChI=1S/C12H14N2O3S/c1-8-6-10(13-18-8)11(15)14-5-3-4-9(7-14)12(16)17-2/h4,6H,3,5,7H2,1-2H3. The van der Waals surface area contributed by atoms with E-state index < -0.39 is 0 Å². The average molecular weight is 266 g/mol. The van der Waals surface area contributed by atoms with Crippen LogP contribution in [0, 0.1) is 6.92 Å². The van der Waals surface area contributed by atoms with Crippen molar-refractivity contribution in [3.8, 4) is 0 Å². The molecule has 0 unspecified atom stereocenters. The first-order valence-electron chi connectivity index (χ1n) is 5.61. The molecule has 0 bridgehead atoms. The number of esters is 1. The molecule has 0 spiro atoms. The Kier molecular flexibility index (Phi) is 3.76. The van der Waals surface area contributed by atoms with Crippen LogP contribution < -0.4 is 0 Å². The lowest BCUT2D eigenvalue weighted by Crippen LogP contribution is -2.37. The number of carbonyl (C=O) groups is 2. The summed E-state index contributed by atoms with van der Waals surface area (Å²) in [6, 6.07) is 1.77. The lowest BCUT2D eigenvalue weighted by molar-refractivity contribution is -0.136. The van der Waals surface area contributed by atoms with Gasteiger partial charge in [-0.05, 0) is 30.9 Å². The van der Waals surface area contributed by atoms with E-state index in [1.165, 1.54) is 18.6 Å². The molecule has 2 heterocycles. The summed E-state index contributed by atoms with van der Waals surface area (Å²) in [4.78, 5) is 26.2. The second kappa shape index (κ2) is 5.30. The van der Waals surface area contributed by atoms with Gasteiger partial charge in [0.2, 0.25) is 0 Å². The lowest BCUT2D eigenvalue weighted by atomic mass is 10.1. The molecular weight excluding hydrogens is 252 g/mol. The van der Waals surface area contributed by atoms with E-state index in [-0.39, 0.29) is 11.9 Å². The van der Waals surface area contributed by atoms with Crippen LogP contribution in [0.25, 0.3) is 0 Å². The van der Waals surface area contributed by atoms with Gasteiger partial charge >= 0.3 is 5.97 Å². The van der Waals surface area contributed by atoms with Crippen LogP contribution in [-0.4, -0.2) is 41.3 Å². The Morgan fingerprint density at radius 1 is 1.50 bits per heavy atom. The first-order valence-corrected chi connectivity index (χ1v) is 6.39. The minimum absolute atomic E-state index is 0.131. The normalized spacial score (nSPS) is 15.2. The second-order valence-corrected chi connectivity index (χ2v) is 5.07. The molecule has 18 heavy (non-hydrogen) atoms. The highest BCUT2D eigenvalue weighted by Gasteiger charge is 2.24. The molecule has 6 heteroatoms. The SMILES string of the molecule is COC(=O)C1=CCCN(C(=O)c2cc(C)sn2)C1. The summed E-state index contributed by atoms with van der Waals surface area (Å²) in [7, 11) is 1.34. The first kappa shape index (κ1) is 12.8. The molecule has 0 aliphatic carbocycles. The zero-order valence-corrected chi connectivity index (χ0v) is 11.1. The Hall–Kier alpha value is -1.69. The van der Waals surface area contributed by atoms with E-state index in [9.17, 15) is 9.59 Å². The summed E-state index contributed by atoms with van der Waals surface area (Å²) in [6.45, 7) is 2.81. The van der Waals surface area contributed by atoms with E-state index in [1.807, 2.05) is 13.0 Å². The highest BCUT2D eigenvalue weighted by Crippen LogP contribution is 2.16. The van der Waals surface area contributed by atoms with Crippen molar-refractivity contribution in [1.29, 1.82) is 0 Å². The minimum atomic E-state index is -0.373.